The van der Waals surface area contributed by atoms with Crippen LogP contribution in [0.15, 0.2) is 18.2 Å². The highest BCUT2D eigenvalue weighted by atomic mass is 16.6. The van der Waals surface area contributed by atoms with Gasteiger partial charge in [0.1, 0.15) is 11.8 Å². The summed E-state index contributed by atoms with van der Waals surface area (Å²) in [5.41, 5.74) is 1.79. The smallest absolute Gasteiger partial charge is 0.407 e. The fourth-order valence-electron chi connectivity index (χ4n) is 2.15. The summed E-state index contributed by atoms with van der Waals surface area (Å²) in [5.74, 6) is -0.141. The number of anilines is 1. The van der Waals surface area contributed by atoms with Crippen LogP contribution in [0.1, 0.15) is 36.7 Å². The van der Waals surface area contributed by atoms with Crippen molar-refractivity contribution in [3.05, 3.63) is 29.3 Å². The number of fused-ring (bicyclic) bond motifs is 1. The molecule has 6 nitrogen and oxygen atoms in total. The molecule has 114 valence electrons. The topological polar surface area (TPSA) is 79.5 Å². The molecule has 1 aromatic rings. The standard InChI is InChI=1S/C15H21N3O3/c1-9-6-5-7-10-12(9)13(19)18-11(17-10)8-16-14(20)21-15(2,3)4/h5-7,11,17H,8H2,1-4H3,(H,16,20)(H,18,19). The van der Waals surface area contributed by atoms with Crippen molar-refractivity contribution in [2.75, 3.05) is 11.9 Å². The summed E-state index contributed by atoms with van der Waals surface area (Å²) in [7, 11) is 0. The van der Waals surface area contributed by atoms with Crippen LogP contribution in [0.25, 0.3) is 0 Å². The maximum atomic E-state index is 12.1. The number of hydrogen-bond donors (Lipinski definition) is 3. The molecular formula is C15H21N3O3. The molecular weight excluding hydrogens is 270 g/mol. The van der Waals surface area contributed by atoms with Crippen molar-refractivity contribution in [3.8, 4) is 0 Å². The van der Waals surface area contributed by atoms with Gasteiger partial charge < -0.3 is 20.7 Å². The first kappa shape index (κ1) is 15.2. The lowest BCUT2D eigenvalue weighted by atomic mass is 10.0. The molecule has 1 aliphatic heterocycles. The lowest BCUT2D eigenvalue weighted by molar-refractivity contribution is 0.0521. The second-order valence-electron chi connectivity index (χ2n) is 6.05. The van der Waals surface area contributed by atoms with E-state index in [9.17, 15) is 9.59 Å². The Morgan fingerprint density at radius 3 is 2.71 bits per heavy atom. The molecule has 1 aliphatic rings. The second kappa shape index (κ2) is 5.63. The van der Waals surface area contributed by atoms with Crippen LogP contribution in [-0.4, -0.2) is 30.3 Å². The lowest BCUT2D eigenvalue weighted by Gasteiger charge is -2.29. The number of carbonyl (C=O) groups is 2. The van der Waals surface area contributed by atoms with Crippen molar-refractivity contribution in [3.63, 3.8) is 0 Å². The molecule has 0 bridgehead atoms. The van der Waals surface area contributed by atoms with Crippen molar-refractivity contribution in [2.24, 2.45) is 0 Å². The van der Waals surface area contributed by atoms with E-state index in [1.54, 1.807) is 20.8 Å². The molecule has 0 saturated carbocycles. The van der Waals surface area contributed by atoms with Gasteiger partial charge in [0, 0.05) is 5.69 Å². The van der Waals surface area contributed by atoms with Gasteiger partial charge >= 0.3 is 6.09 Å². The van der Waals surface area contributed by atoms with E-state index < -0.39 is 11.7 Å². The molecule has 0 radical (unpaired) electrons. The summed E-state index contributed by atoms with van der Waals surface area (Å²) in [4.78, 5) is 23.7. The summed E-state index contributed by atoms with van der Waals surface area (Å²) in [6, 6.07) is 5.62. The van der Waals surface area contributed by atoms with Crippen LogP contribution in [-0.2, 0) is 4.74 Å². The number of amides is 2. The molecule has 1 unspecified atom stereocenters. The Hall–Kier alpha value is -2.24. The van der Waals surface area contributed by atoms with Crippen molar-refractivity contribution in [1.29, 1.82) is 0 Å². The van der Waals surface area contributed by atoms with E-state index in [1.807, 2.05) is 25.1 Å². The molecule has 6 heteroatoms. The molecule has 2 amide bonds. The zero-order valence-electron chi connectivity index (χ0n) is 12.7. The van der Waals surface area contributed by atoms with E-state index in [4.69, 9.17) is 4.74 Å². The third kappa shape index (κ3) is 3.87. The highest BCUT2D eigenvalue weighted by Gasteiger charge is 2.25. The van der Waals surface area contributed by atoms with Crippen molar-refractivity contribution >= 4 is 17.7 Å². The predicted octanol–water partition coefficient (Wildman–Crippen LogP) is 2.00. The second-order valence-corrected chi connectivity index (χ2v) is 6.05. The fourth-order valence-corrected chi connectivity index (χ4v) is 2.15. The largest absolute Gasteiger partial charge is 0.444 e. The van der Waals surface area contributed by atoms with Crippen LogP contribution < -0.4 is 16.0 Å². The summed E-state index contributed by atoms with van der Waals surface area (Å²) in [6.07, 6.45) is -0.868. The number of hydrogen-bond acceptors (Lipinski definition) is 4. The van der Waals surface area contributed by atoms with E-state index in [0.717, 1.165) is 11.3 Å². The Bertz CT molecular complexity index is 564. The van der Waals surface area contributed by atoms with Crippen molar-refractivity contribution in [2.45, 2.75) is 39.5 Å². The lowest BCUT2D eigenvalue weighted by Crippen LogP contribution is -2.52. The van der Waals surface area contributed by atoms with E-state index in [-0.39, 0.29) is 18.6 Å². The molecule has 1 aromatic carbocycles. The summed E-state index contributed by atoms with van der Waals surface area (Å²) >= 11 is 0. The Morgan fingerprint density at radius 2 is 2.05 bits per heavy atom. The maximum Gasteiger partial charge on any atom is 0.407 e. The van der Waals surface area contributed by atoms with E-state index >= 15 is 0 Å². The number of benzene rings is 1. The summed E-state index contributed by atoms with van der Waals surface area (Å²) < 4.78 is 5.15. The first-order valence-electron chi connectivity index (χ1n) is 6.90. The number of alkyl carbamates (subject to hydrolysis) is 1. The van der Waals surface area contributed by atoms with Gasteiger partial charge in [-0.05, 0) is 39.3 Å². The zero-order chi connectivity index (χ0) is 15.6. The average molecular weight is 291 g/mol. The summed E-state index contributed by atoms with van der Waals surface area (Å²) in [6.45, 7) is 7.53. The predicted molar refractivity (Wildman–Crippen MR) is 80.3 cm³/mol. The van der Waals surface area contributed by atoms with Crippen LogP contribution in [0.5, 0.6) is 0 Å². The minimum Gasteiger partial charge on any atom is -0.444 e. The zero-order valence-corrected chi connectivity index (χ0v) is 12.7. The molecule has 0 spiro atoms. The summed E-state index contributed by atoms with van der Waals surface area (Å²) in [5, 5.41) is 8.63. The number of nitrogens with one attached hydrogen (secondary N) is 3. The first-order chi connectivity index (χ1) is 9.76. The number of carbonyl (C=O) groups excluding carboxylic acids is 2. The average Bonchev–Trinajstić information content (AvgIpc) is 2.34. The first-order valence-corrected chi connectivity index (χ1v) is 6.90. The fraction of sp³-hybridized carbons (Fsp3) is 0.467. The van der Waals surface area contributed by atoms with Gasteiger partial charge in [-0.2, -0.15) is 0 Å². The van der Waals surface area contributed by atoms with Crippen molar-refractivity contribution in [1.82, 2.24) is 10.6 Å². The van der Waals surface area contributed by atoms with Gasteiger partial charge in [0.15, 0.2) is 0 Å². The number of rotatable bonds is 2. The number of aryl methyl sites for hydroxylation is 1. The van der Waals surface area contributed by atoms with Crippen LogP contribution >= 0.6 is 0 Å². The highest BCUT2D eigenvalue weighted by Crippen LogP contribution is 2.23. The van der Waals surface area contributed by atoms with Gasteiger partial charge in [-0.25, -0.2) is 4.79 Å². The van der Waals surface area contributed by atoms with E-state index in [2.05, 4.69) is 16.0 Å². The molecule has 0 aliphatic carbocycles. The molecule has 3 N–H and O–H groups in total. The van der Waals surface area contributed by atoms with E-state index in [0.29, 0.717) is 5.56 Å². The molecule has 0 fully saturated rings. The number of ether oxygens (including phenoxy) is 1. The maximum absolute atomic E-state index is 12.1. The highest BCUT2D eigenvalue weighted by molar-refractivity contribution is 6.03. The van der Waals surface area contributed by atoms with Gasteiger partial charge in [-0.15, -0.1) is 0 Å². The van der Waals surface area contributed by atoms with Gasteiger partial charge in [-0.1, -0.05) is 12.1 Å². The molecule has 21 heavy (non-hydrogen) atoms. The van der Waals surface area contributed by atoms with Gasteiger partial charge in [0.25, 0.3) is 5.91 Å². The molecule has 1 atom stereocenters. The molecule has 2 rings (SSSR count). The van der Waals surface area contributed by atoms with E-state index in [1.165, 1.54) is 0 Å². The third-order valence-electron chi connectivity index (χ3n) is 2.98. The van der Waals surface area contributed by atoms with Gasteiger partial charge in [-0.3, -0.25) is 4.79 Å². The Kier molecular flexibility index (Phi) is 4.06. The third-order valence-corrected chi connectivity index (χ3v) is 2.98. The van der Waals surface area contributed by atoms with Crippen LogP contribution in [0.4, 0.5) is 10.5 Å². The van der Waals surface area contributed by atoms with Gasteiger partial charge in [0.05, 0.1) is 12.1 Å². The van der Waals surface area contributed by atoms with Gasteiger partial charge in [0.2, 0.25) is 0 Å². The monoisotopic (exact) mass is 291 g/mol. The van der Waals surface area contributed by atoms with Crippen LogP contribution in [0.2, 0.25) is 0 Å². The molecule has 0 aromatic heterocycles. The molecule has 0 saturated heterocycles. The van der Waals surface area contributed by atoms with Crippen molar-refractivity contribution < 1.29 is 14.3 Å². The minimum absolute atomic E-state index is 0.141. The normalized spacial score (nSPS) is 17.3. The van der Waals surface area contributed by atoms with Crippen LogP contribution in [0, 0.1) is 6.92 Å². The quantitative estimate of drug-likeness (QED) is 0.778. The minimum atomic E-state index is -0.545. The Labute approximate surface area is 124 Å². The molecule has 1 heterocycles. The Morgan fingerprint density at radius 1 is 1.33 bits per heavy atom. The van der Waals surface area contributed by atoms with Crippen LogP contribution in [0.3, 0.4) is 0 Å². The SMILES string of the molecule is Cc1cccc2c1C(=O)NC(CNC(=O)OC(C)(C)C)N2. The Balaban J connectivity index is 1.96.